The van der Waals surface area contributed by atoms with Gasteiger partial charge in [-0.3, -0.25) is 0 Å². The van der Waals surface area contributed by atoms with Crippen LogP contribution in [0.3, 0.4) is 0 Å². The van der Waals surface area contributed by atoms with E-state index in [2.05, 4.69) is 27.3 Å². The molecule has 0 fully saturated rings. The third kappa shape index (κ3) is 5.57. The molecule has 0 saturated carbocycles. The highest BCUT2D eigenvalue weighted by atomic mass is 15.3. The molecule has 0 aliphatic carbocycles. The van der Waals surface area contributed by atoms with Crippen molar-refractivity contribution in [1.82, 2.24) is 0 Å². The average molecular weight is 142 g/mol. The molecule has 0 N–H and O–H groups in total. The van der Waals surface area contributed by atoms with Gasteiger partial charge in [-0.2, -0.15) is 0 Å². The predicted octanol–water partition coefficient (Wildman–Crippen LogP) is 2.07. The van der Waals surface area contributed by atoms with E-state index in [1.54, 1.807) is 0 Å². The van der Waals surface area contributed by atoms with Gasteiger partial charge in [0.1, 0.15) is 0 Å². The van der Waals surface area contributed by atoms with Gasteiger partial charge in [0.15, 0.2) is 0 Å². The summed E-state index contributed by atoms with van der Waals surface area (Å²) in [6.07, 6.45) is 3.87. The lowest BCUT2D eigenvalue weighted by Crippen LogP contribution is -2.39. The van der Waals surface area contributed by atoms with E-state index in [9.17, 15) is 0 Å². The van der Waals surface area contributed by atoms with Gasteiger partial charge in [-0.25, -0.2) is 0 Å². The highest BCUT2D eigenvalue weighted by molar-refractivity contribution is 4.69. The zero-order chi connectivity index (χ0) is 7.33. The van der Waals surface area contributed by atoms with Crippen molar-refractivity contribution in [3.05, 3.63) is 25.3 Å². The number of quaternary nitrogens is 1. The van der Waals surface area contributed by atoms with E-state index in [4.69, 9.17) is 0 Å². The molecule has 0 amide bonds. The van der Waals surface area contributed by atoms with Crippen LogP contribution in [0.1, 0.15) is 7.43 Å². The molecule has 0 saturated heterocycles. The molecule has 10 heavy (non-hydrogen) atoms. The third-order valence-electron chi connectivity index (χ3n) is 1.25. The zero-order valence-corrected chi connectivity index (χ0v) is 6.43. The fourth-order valence-electron chi connectivity index (χ4n) is 0.774. The van der Waals surface area contributed by atoms with Crippen LogP contribution in [-0.4, -0.2) is 31.7 Å². The first-order valence-electron chi connectivity index (χ1n) is 3.16. The average Bonchev–Trinajstić information content (AvgIpc) is 1.64. The van der Waals surface area contributed by atoms with Crippen molar-refractivity contribution >= 4 is 0 Å². The van der Waals surface area contributed by atoms with Gasteiger partial charge in [-0.15, -0.1) is 0 Å². The van der Waals surface area contributed by atoms with E-state index in [1.165, 1.54) is 0 Å². The zero-order valence-electron chi connectivity index (χ0n) is 6.43. The topological polar surface area (TPSA) is 0 Å². The molecule has 0 aliphatic heterocycles. The van der Waals surface area contributed by atoms with Gasteiger partial charge >= 0.3 is 0 Å². The summed E-state index contributed by atoms with van der Waals surface area (Å²) in [7, 11) is 4.31. The minimum Gasteiger partial charge on any atom is -0.322 e. The van der Waals surface area contributed by atoms with Crippen molar-refractivity contribution in [1.29, 1.82) is 0 Å². The maximum absolute atomic E-state index is 3.68. The molecular weight excluding hydrogens is 122 g/mol. The fourth-order valence-corrected chi connectivity index (χ4v) is 0.774. The number of hydrogen-bond donors (Lipinski definition) is 0. The van der Waals surface area contributed by atoms with Crippen molar-refractivity contribution < 1.29 is 4.48 Å². The van der Waals surface area contributed by atoms with E-state index >= 15 is 0 Å². The minimum absolute atomic E-state index is 0. The molecule has 0 radical (unpaired) electrons. The second kappa shape index (κ2) is 5.24. The van der Waals surface area contributed by atoms with Crippen LogP contribution in [0.5, 0.6) is 0 Å². The van der Waals surface area contributed by atoms with Gasteiger partial charge in [0.05, 0.1) is 27.2 Å². The van der Waals surface area contributed by atoms with Gasteiger partial charge in [0.25, 0.3) is 0 Å². The first kappa shape index (κ1) is 12.1. The monoisotopic (exact) mass is 142 g/mol. The Kier molecular flexibility index (Phi) is 6.37. The van der Waals surface area contributed by atoms with Crippen molar-refractivity contribution in [3.63, 3.8) is 0 Å². The molecule has 0 unspecified atom stereocenters. The molecular formula is C9H20N+. The van der Waals surface area contributed by atoms with Crippen molar-refractivity contribution in [2.24, 2.45) is 0 Å². The van der Waals surface area contributed by atoms with Gasteiger partial charge in [-0.1, -0.05) is 20.6 Å². The Labute approximate surface area is 65.3 Å². The molecule has 60 valence electrons. The second-order valence-electron chi connectivity index (χ2n) is 2.88. The van der Waals surface area contributed by atoms with Crippen LogP contribution in [0, 0.1) is 0 Å². The minimum atomic E-state index is 0. The van der Waals surface area contributed by atoms with E-state index in [0.29, 0.717) is 0 Å². The lowest BCUT2D eigenvalue weighted by molar-refractivity contribution is -0.878. The Hall–Kier alpha value is -0.560. The first-order chi connectivity index (χ1) is 4.12. The fraction of sp³-hybridized carbons (Fsp3) is 0.556. The largest absolute Gasteiger partial charge is 0.322 e. The summed E-state index contributed by atoms with van der Waals surface area (Å²) in [5.74, 6) is 0. The second-order valence-corrected chi connectivity index (χ2v) is 2.88. The number of likely N-dealkylation sites (N-methyl/N-ethyl adjacent to an activating group) is 1. The maximum Gasteiger partial charge on any atom is 0.0969 e. The van der Waals surface area contributed by atoms with Gasteiger partial charge < -0.3 is 4.48 Å². The van der Waals surface area contributed by atoms with E-state index in [0.717, 1.165) is 17.6 Å². The molecule has 0 bridgehead atoms. The summed E-state index contributed by atoms with van der Waals surface area (Å²) in [5, 5.41) is 0. The van der Waals surface area contributed by atoms with Crippen LogP contribution in [0.2, 0.25) is 0 Å². The summed E-state index contributed by atoms with van der Waals surface area (Å²) < 4.78 is 0.951. The lowest BCUT2D eigenvalue weighted by atomic mass is 10.4. The Morgan fingerprint density at radius 2 is 1.40 bits per heavy atom. The molecule has 1 nitrogen and oxygen atoms in total. The van der Waals surface area contributed by atoms with Crippen LogP contribution in [-0.2, 0) is 0 Å². The predicted molar refractivity (Wildman–Crippen MR) is 49.0 cm³/mol. The normalized spacial score (nSPS) is 9.80. The summed E-state index contributed by atoms with van der Waals surface area (Å²) >= 11 is 0. The number of rotatable bonds is 4. The molecule has 0 aliphatic rings. The van der Waals surface area contributed by atoms with Crippen molar-refractivity contribution in [3.8, 4) is 0 Å². The van der Waals surface area contributed by atoms with Crippen LogP contribution in [0.4, 0.5) is 0 Å². The third-order valence-corrected chi connectivity index (χ3v) is 1.25. The summed E-state index contributed by atoms with van der Waals surface area (Å²) in [4.78, 5) is 0. The first-order valence-corrected chi connectivity index (χ1v) is 3.16. The van der Waals surface area contributed by atoms with Crippen LogP contribution >= 0.6 is 0 Å². The highest BCUT2D eigenvalue weighted by Gasteiger charge is 2.07. The smallest absolute Gasteiger partial charge is 0.0969 e. The van der Waals surface area contributed by atoms with Crippen molar-refractivity contribution in [2.75, 3.05) is 27.2 Å². The Balaban J connectivity index is 0. The molecule has 0 aromatic rings. The number of nitrogens with zero attached hydrogens (tertiary/aromatic N) is 1. The van der Waals surface area contributed by atoms with Crippen LogP contribution in [0.25, 0.3) is 0 Å². The van der Waals surface area contributed by atoms with Gasteiger partial charge in [0.2, 0.25) is 0 Å². The van der Waals surface area contributed by atoms with Gasteiger partial charge in [0, 0.05) is 0 Å². The summed E-state index contributed by atoms with van der Waals surface area (Å²) in [6, 6.07) is 0. The van der Waals surface area contributed by atoms with Crippen molar-refractivity contribution in [2.45, 2.75) is 7.43 Å². The van der Waals surface area contributed by atoms with Gasteiger partial charge in [-0.05, 0) is 12.2 Å². The molecule has 1 heteroatoms. The van der Waals surface area contributed by atoms with Crippen LogP contribution < -0.4 is 0 Å². The number of hydrogen-bond acceptors (Lipinski definition) is 0. The Bertz CT molecular complexity index is 91.3. The molecule has 0 aromatic carbocycles. The Morgan fingerprint density at radius 1 is 1.10 bits per heavy atom. The SMILES string of the molecule is C.C=CC[N+](C)(C)CC=C. The maximum atomic E-state index is 3.68. The molecule has 0 spiro atoms. The molecule has 0 aromatic heterocycles. The molecule has 0 rings (SSSR count). The standard InChI is InChI=1S/C8H16N.CH4/c1-5-7-9(3,4)8-6-2;/h5-6H,1-2,7-8H2,3-4H3;1H4/q+1;. The summed E-state index contributed by atoms with van der Waals surface area (Å²) in [5.41, 5.74) is 0. The van der Waals surface area contributed by atoms with E-state index < -0.39 is 0 Å². The summed E-state index contributed by atoms with van der Waals surface area (Å²) in [6.45, 7) is 9.37. The highest BCUT2D eigenvalue weighted by Crippen LogP contribution is 1.95. The molecule has 0 atom stereocenters. The lowest BCUT2D eigenvalue weighted by Gasteiger charge is -2.26. The quantitative estimate of drug-likeness (QED) is 0.416. The van der Waals surface area contributed by atoms with Crippen LogP contribution in [0.15, 0.2) is 25.3 Å². The van der Waals surface area contributed by atoms with E-state index in [-0.39, 0.29) is 7.43 Å². The Morgan fingerprint density at radius 3 is 1.60 bits per heavy atom. The van der Waals surface area contributed by atoms with E-state index in [1.807, 2.05) is 12.2 Å². The molecule has 0 heterocycles.